The quantitative estimate of drug-likeness (QED) is 0.252. The van der Waals surface area contributed by atoms with Gasteiger partial charge in [-0.25, -0.2) is 0 Å². The van der Waals surface area contributed by atoms with E-state index in [9.17, 15) is 13.2 Å². The molecule has 1 heterocycles. The van der Waals surface area contributed by atoms with Gasteiger partial charge in [0.05, 0.1) is 11.3 Å². The van der Waals surface area contributed by atoms with E-state index in [1.807, 2.05) is 60.8 Å². The molecule has 1 nitrogen and oxygen atoms in total. The first-order chi connectivity index (χ1) is 15.9. The van der Waals surface area contributed by atoms with E-state index >= 15 is 0 Å². The van der Waals surface area contributed by atoms with Gasteiger partial charge in [-0.15, -0.1) is 9.24 Å². The minimum absolute atomic E-state index is 0.644. The monoisotopic (exact) mass is 457 g/mol. The van der Waals surface area contributed by atoms with Crippen molar-refractivity contribution in [3.05, 3.63) is 109 Å². The summed E-state index contributed by atoms with van der Waals surface area (Å²) in [5.41, 5.74) is 4.99. The molecule has 0 bridgehead atoms. The third-order valence-corrected chi connectivity index (χ3v) is 6.07. The molecule has 1 aromatic heterocycles. The summed E-state index contributed by atoms with van der Waals surface area (Å²) in [5.74, 6) is 0. The maximum atomic E-state index is 12.9. The summed E-state index contributed by atoms with van der Waals surface area (Å²) in [4.78, 5) is 4.63. The lowest BCUT2D eigenvalue weighted by atomic mass is 9.97. The summed E-state index contributed by atoms with van der Waals surface area (Å²) >= 11 is 0. The van der Waals surface area contributed by atoms with Gasteiger partial charge in [0.1, 0.15) is 0 Å². The zero-order valence-corrected chi connectivity index (χ0v) is 18.6. The number of hydrogen-bond acceptors (Lipinski definition) is 1. The number of halogens is 3. The second-order valence-corrected chi connectivity index (χ2v) is 8.57. The molecule has 0 aliphatic carbocycles. The van der Waals surface area contributed by atoms with Crippen LogP contribution in [0.4, 0.5) is 13.2 Å². The van der Waals surface area contributed by atoms with E-state index in [4.69, 9.17) is 0 Å². The molecule has 0 fully saturated rings. The Morgan fingerprint density at radius 2 is 1.09 bits per heavy atom. The minimum atomic E-state index is -4.33. The van der Waals surface area contributed by atoms with Crippen LogP contribution in [-0.4, -0.2) is 4.98 Å². The first-order valence-corrected chi connectivity index (χ1v) is 11.0. The summed E-state index contributed by atoms with van der Waals surface area (Å²) < 4.78 is 38.6. The average Bonchev–Trinajstić information content (AvgIpc) is 2.83. The van der Waals surface area contributed by atoms with Crippen LogP contribution in [0.2, 0.25) is 0 Å². The number of aromatic nitrogens is 1. The molecular formula is C28H19F3NP. The molecule has 5 rings (SSSR count). The summed E-state index contributed by atoms with van der Waals surface area (Å²) in [6, 6.07) is 29.6. The average molecular weight is 457 g/mol. The Kier molecular flexibility index (Phi) is 5.47. The highest BCUT2D eigenvalue weighted by Gasteiger charge is 2.29. The van der Waals surface area contributed by atoms with Crippen molar-refractivity contribution in [2.45, 2.75) is 6.18 Å². The molecule has 0 amide bonds. The van der Waals surface area contributed by atoms with Gasteiger partial charge in [-0.05, 0) is 63.1 Å². The number of hydrogen-bond donors (Lipinski definition) is 0. The van der Waals surface area contributed by atoms with E-state index in [-0.39, 0.29) is 0 Å². The Bertz CT molecular complexity index is 1420. The summed E-state index contributed by atoms with van der Waals surface area (Å²) in [6.45, 7) is 0. The highest BCUT2D eigenvalue weighted by molar-refractivity contribution is 7.27. The van der Waals surface area contributed by atoms with E-state index < -0.39 is 11.7 Å². The Hall–Kier alpha value is -3.49. The van der Waals surface area contributed by atoms with Crippen molar-refractivity contribution in [2.24, 2.45) is 0 Å². The molecule has 0 radical (unpaired) electrons. The Balaban J connectivity index is 1.46. The minimum Gasteiger partial charge on any atom is -0.256 e. The number of rotatable bonds is 3. The topological polar surface area (TPSA) is 12.9 Å². The molecule has 0 N–H and O–H groups in total. The smallest absolute Gasteiger partial charge is 0.256 e. The lowest BCUT2D eigenvalue weighted by Gasteiger charge is -2.10. The molecule has 1 atom stereocenters. The highest BCUT2D eigenvalue weighted by atomic mass is 31.0. The third-order valence-electron chi connectivity index (χ3n) is 5.69. The summed E-state index contributed by atoms with van der Waals surface area (Å²) in [7, 11) is 2.67. The number of pyridine rings is 1. The highest BCUT2D eigenvalue weighted by Crippen LogP contribution is 2.33. The fourth-order valence-corrected chi connectivity index (χ4v) is 4.04. The zero-order valence-electron chi connectivity index (χ0n) is 17.5. The van der Waals surface area contributed by atoms with Gasteiger partial charge < -0.3 is 0 Å². The molecule has 0 spiro atoms. The van der Waals surface area contributed by atoms with Crippen molar-refractivity contribution in [1.82, 2.24) is 4.98 Å². The fraction of sp³-hybridized carbons (Fsp3) is 0.0357. The van der Waals surface area contributed by atoms with Crippen LogP contribution in [-0.2, 0) is 6.18 Å². The molecule has 0 saturated heterocycles. The normalized spacial score (nSPS) is 11.6. The maximum Gasteiger partial charge on any atom is 0.416 e. The lowest BCUT2D eigenvalue weighted by Crippen LogP contribution is -2.03. The summed E-state index contributed by atoms with van der Waals surface area (Å²) in [6.07, 6.45) is -2.47. The Labute approximate surface area is 192 Å². The molecule has 162 valence electrons. The van der Waals surface area contributed by atoms with Crippen molar-refractivity contribution < 1.29 is 13.2 Å². The van der Waals surface area contributed by atoms with Gasteiger partial charge in [-0.2, -0.15) is 13.2 Å². The molecular weight excluding hydrogens is 438 g/mol. The van der Waals surface area contributed by atoms with Crippen molar-refractivity contribution in [1.29, 1.82) is 0 Å². The van der Waals surface area contributed by atoms with E-state index in [1.165, 1.54) is 12.1 Å². The Morgan fingerprint density at radius 3 is 1.67 bits per heavy atom. The second-order valence-electron chi connectivity index (χ2n) is 7.91. The first-order valence-electron chi connectivity index (χ1n) is 10.4. The van der Waals surface area contributed by atoms with Crippen LogP contribution in [0.5, 0.6) is 0 Å². The van der Waals surface area contributed by atoms with Crippen LogP contribution in [0.1, 0.15) is 5.56 Å². The summed E-state index contributed by atoms with van der Waals surface area (Å²) in [5, 5.41) is 3.21. The van der Waals surface area contributed by atoms with E-state index in [0.717, 1.165) is 61.7 Å². The first kappa shape index (κ1) is 21.4. The predicted octanol–water partition coefficient (Wildman–Crippen LogP) is 7.76. The van der Waals surface area contributed by atoms with Gasteiger partial charge in [-0.1, -0.05) is 66.7 Å². The third kappa shape index (κ3) is 4.53. The largest absolute Gasteiger partial charge is 0.416 e. The van der Waals surface area contributed by atoms with E-state index in [2.05, 4.69) is 32.4 Å². The molecule has 5 heteroatoms. The molecule has 1 unspecified atom stereocenters. The molecule has 5 aromatic rings. The number of nitrogens with zero attached hydrogens (tertiary/aromatic N) is 1. The molecule has 33 heavy (non-hydrogen) atoms. The van der Waals surface area contributed by atoms with Crippen LogP contribution in [0.3, 0.4) is 0 Å². The molecule has 0 saturated carbocycles. The number of alkyl halides is 3. The van der Waals surface area contributed by atoms with Crippen LogP contribution >= 0.6 is 9.24 Å². The maximum absolute atomic E-state index is 12.9. The predicted molar refractivity (Wildman–Crippen MR) is 132 cm³/mol. The number of fused-ring (bicyclic) bond motifs is 1. The van der Waals surface area contributed by atoms with E-state index in [0.29, 0.717) is 0 Å². The van der Waals surface area contributed by atoms with Gasteiger partial charge >= 0.3 is 6.18 Å². The SMILES string of the molecule is FC(F)(F)c1ccc(-c2ccc3ccc(-c4ccc(-c5ccc(P)cc5)nc4)cc3c2)cc1. The van der Waals surface area contributed by atoms with Crippen molar-refractivity contribution in [3.63, 3.8) is 0 Å². The van der Waals surface area contributed by atoms with Gasteiger partial charge in [0.15, 0.2) is 0 Å². The van der Waals surface area contributed by atoms with Crippen LogP contribution in [0.25, 0.3) is 44.3 Å². The van der Waals surface area contributed by atoms with Gasteiger partial charge in [-0.3, -0.25) is 4.98 Å². The Morgan fingerprint density at radius 1 is 0.545 bits per heavy atom. The standard InChI is InChI=1S/C28H19F3NP/c29-28(30,31)25-10-5-18(6-11-25)21-3-1-19-2-4-22(16-24(19)15-21)23-9-14-27(32-17-23)20-7-12-26(33)13-8-20/h1-17H,33H2. The lowest BCUT2D eigenvalue weighted by molar-refractivity contribution is -0.137. The van der Waals surface area contributed by atoms with Crippen LogP contribution in [0, 0.1) is 0 Å². The van der Waals surface area contributed by atoms with Gasteiger partial charge in [0, 0.05) is 17.3 Å². The van der Waals surface area contributed by atoms with Gasteiger partial charge in [0.2, 0.25) is 0 Å². The second kappa shape index (κ2) is 8.46. The van der Waals surface area contributed by atoms with Crippen LogP contribution < -0.4 is 5.30 Å². The molecule has 0 aliphatic heterocycles. The van der Waals surface area contributed by atoms with Crippen molar-refractivity contribution >= 4 is 25.3 Å². The van der Waals surface area contributed by atoms with Crippen molar-refractivity contribution in [2.75, 3.05) is 0 Å². The van der Waals surface area contributed by atoms with Crippen molar-refractivity contribution in [3.8, 4) is 33.5 Å². The van der Waals surface area contributed by atoms with Gasteiger partial charge in [0.25, 0.3) is 0 Å². The molecule has 4 aromatic carbocycles. The van der Waals surface area contributed by atoms with E-state index in [1.54, 1.807) is 0 Å². The fourth-order valence-electron chi connectivity index (χ4n) is 3.85. The number of benzene rings is 4. The van der Waals surface area contributed by atoms with Crippen LogP contribution in [0.15, 0.2) is 103 Å². The molecule has 0 aliphatic rings. The zero-order chi connectivity index (χ0) is 23.0.